The Morgan fingerprint density at radius 3 is 2.68 bits per heavy atom. The van der Waals surface area contributed by atoms with Gasteiger partial charge in [-0.3, -0.25) is 10.1 Å². The minimum Gasteiger partial charge on any atom is -0.378 e. The molecule has 0 saturated carbocycles. The first kappa shape index (κ1) is 13.7. The van der Waals surface area contributed by atoms with Gasteiger partial charge in [0.2, 0.25) is 17.8 Å². The van der Waals surface area contributed by atoms with E-state index in [1.807, 2.05) is 0 Å². The standard InChI is InChI=1S/C12H19N5O2/c1-3-4-10-14-11(13-9(2)18)16-12(15-10)17-5-7-19-8-6-17/h3-8H2,1-2H3,(H,13,14,15,16,18). The van der Waals surface area contributed by atoms with Gasteiger partial charge in [-0.2, -0.15) is 15.0 Å². The third-order valence-electron chi connectivity index (χ3n) is 2.73. The molecular weight excluding hydrogens is 246 g/mol. The van der Waals surface area contributed by atoms with E-state index in [1.54, 1.807) is 0 Å². The molecule has 1 aromatic heterocycles. The van der Waals surface area contributed by atoms with Crippen LogP contribution in [0.5, 0.6) is 0 Å². The molecule has 1 amide bonds. The molecule has 104 valence electrons. The Morgan fingerprint density at radius 2 is 2.05 bits per heavy atom. The van der Waals surface area contributed by atoms with Gasteiger partial charge >= 0.3 is 0 Å². The molecule has 0 spiro atoms. The normalized spacial score (nSPS) is 15.4. The molecule has 7 nitrogen and oxygen atoms in total. The molecule has 0 radical (unpaired) electrons. The summed E-state index contributed by atoms with van der Waals surface area (Å²) in [6.07, 6.45) is 1.72. The van der Waals surface area contributed by atoms with Crippen molar-refractivity contribution >= 4 is 17.8 Å². The highest BCUT2D eigenvalue weighted by Crippen LogP contribution is 2.13. The van der Waals surface area contributed by atoms with Crippen molar-refractivity contribution in [3.63, 3.8) is 0 Å². The van der Waals surface area contributed by atoms with E-state index in [0.717, 1.165) is 25.9 Å². The lowest BCUT2D eigenvalue weighted by Crippen LogP contribution is -2.37. The van der Waals surface area contributed by atoms with Gasteiger partial charge in [0.25, 0.3) is 0 Å². The number of rotatable bonds is 4. The molecule has 0 aromatic carbocycles. The maximum atomic E-state index is 11.1. The Morgan fingerprint density at radius 1 is 1.32 bits per heavy atom. The van der Waals surface area contributed by atoms with Crippen LogP contribution in [0.15, 0.2) is 0 Å². The highest BCUT2D eigenvalue weighted by molar-refractivity contribution is 5.86. The fourth-order valence-corrected chi connectivity index (χ4v) is 1.86. The number of morpholine rings is 1. The number of carbonyl (C=O) groups excluding carboxylic acids is 1. The van der Waals surface area contributed by atoms with Crippen molar-refractivity contribution in [3.05, 3.63) is 5.82 Å². The van der Waals surface area contributed by atoms with Crippen molar-refractivity contribution < 1.29 is 9.53 Å². The van der Waals surface area contributed by atoms with Crippen LogP contribution in [0.1, 0.15) is 26.1 Å². The Kier molecular flexibility index (Phi) is 4.62. The largest absolute Gasteiger partial charge is 0.378 e. The maximum absolute atomic E-state index is 11.1. The fraction of sp³-hybridized carbons (Fsp3) is 0.667. The van der Waals surface area contributed by atoms with E-state index in [4.69, 9.17) is 4.74 Å². The van der Waals surface area contributed by atoms with Crippen LogP contribution >= 0.6 is 0 Å². The molecule has 0 aliphatic carbocycles. The zero-order valence-corrected chi connectivity index (χ0v) is 11.3. The smallest absolute Gasteiger partial charge is 0.234 e. The zero-order chi connectivity index (χ0) is 13.7. The summed E-state index contributed by atoms with van der Waals surface area (Å²) in [7, 11) is 0. The summed E-state index contributed by atoms with van der Waals surface area (Å²) in [6, 6.07) is 0. The molecular formula is C12H19N5O2. The van der Waals surface area contributed by atoms with Crippen LogP contribution < -0.4 is 10.2 Å². The number of aryl methyl sites for hydroxylation is 1. The minimum absolute atomic E-state index is 0.179. The van der Waals surface area contributed by atoms with Crippen LogP contribution in [0.3, 0.4) is 0 Å². The summed E-state index contributed by atoms with van der Waals surface area (Å²) in [5.74, 6) is 1.47. The number of carbonyl (C=O) groups is 1. The van der Waals surface area contributed by atoms with Crippen molar-refractivity contribution in [1.82, 2.24) is 15.0 Å². The number of ether oxygens (including phenoxy) is 1. The average molecular weight is 265 g/mol. The summed E-state index contributed by atoms with van der Waals surface area (Å²) in [5.41, 5.74) is 0. The topological polar surface area (TPSA) is 80.2 Å². The molecule has 7 heteroatoms. The predicted molar refractivity (Wildman–Crippen MR) is 71.2 cm³/mol. The van der Waals surface area contributed by atoms with Crippen LogP contribution in [0.4, 0.5) is 11.9 Å². The summed E-state index contributed by atoms with van der Waals surface area (Å²) >= 11 is 0. The summed E-state index contributed by atoms with van der Waals surface area (Å²) < 4.78 is 5.31. The number of hydrogen-bond donors (Lipinski definition) is 1. The molecule has 19 heavy (non-hydrogen) atoms. The molecule has 1 aliphatic rings. The first-order chi connectivity index (χ1) is 9.19. The first-order valence-corrected chi connectivity index (χ1v) is 6.54. The van der Waals surface area contributed by atoms with Crippen molar-refractivity contribution in [2.45, 2.75) is 26.7 Å². The van der Waals surface area contributed by atoms with E-state index >= 15 is 0 Å². The highest BCUT2D eigenvalue weighted by Gasteiger charge is 2.16. The second-order valence-corrected chi connectivity index (χ2v) is 4.41. The van der Waals surface area contributed by atoms with Crippen molar-refractivity contribution in [3.8, 4) is 0 Å². The van der Waals surface area contributed by atoms with Crippen LogP contribution in [0, 0.1) is 0 Å². The molecule has 1 N–H and O–H groups in total. The number of hydrogen-bond acceptors (Lipinski definition) is 6. The Hall–Kier alpha value is -1.76. The van der Waals surface area contributed by atoms with Gasteiger partial charge in [-0.05, 0) is 6.42 Å². The van der Waals surface area contributed by atoms with E-state index in [0.29, 0.717) is 30.9 Å². The number of nitrogens with one attached hydrogen (secondary N) is 1. The Labute approximate surface area is 112 Å². The van der Waals surface area contributed by atoms with E-state index in [9.17, 15) is 4.79 Å². The molecule has 0 unspecified atom stereocenters. The summed E-state index contributed by atoms with van der Waals surface area (Å²) in [5, 5.41) is 2.62. The van der Waals surface area contributed by atoms with Gasteiger partial charge in [0.1, 0.15) is 5.82 Å². The number of amides is 1. The second-order valence-electron chi connectivity index (χ2n) is 4.41. The number of nitrogens with zero attached hydrogens (tertiary/aromatic N) is 4. The Balaban J connectivity index is 2.24. The van der Waals surface area contributed by atoms with E-state index in [2.05, 4.69) is 32.1 Å². The van der Waals surface area contributed by atoms with Gasteiger partial charge in [0.05, 0.1) is 13.2 Å². The van der Waals surface area contributed by atoms with Crippen LogP contribution in [-0.2, 0) is 16.0 Å². The average Bonchev–Trinajstić information content (AvgIpc) is 2.39. The van der Waals surface area contributed by atoms with Gasteiger partial charge in [-0.1, -0.05) is 6.92 Å². The van der Waals surface area contributed by atoms with Gasteiger partial charge in [-0.15, -0.1) is 0 Å². The molecule has 0 bridgehead atoms. The van der Waals surface area contributed by atoms with Gasteiger partial charge in [0.15, 0.2) is 0 Å². The molecule has 2 rings (SSSR count). The SMILES string of the molecule is CCCc1nc(NC(C)=O)nc(N2CCOCC2)n1. The van der Waals surface area contributed by atoms with Crippen LogP contribution in [0.2, 0.25) is 0 Å². The van der Waals surface area contributed by atoms with Gasteiger partial charge in [0, 0.05) is 26.4 Å². The van der Waals surface area contributed by atoms with E-state index in [-0.39, 0.29) is 5.91 Å². The summed E-state index contributed by atoms with van der Waals surface area (Å²) in [6.45, 7) is 6.37. The molecule has 1 aromatic rings. The van der Waals surface area contributed by atoms with Crippen molar-refractivity contribution in [1.29, 1.82) is 0 Å². The zero-order valence-electron chi connectivity index (χ0n) is 11.3. The lowest BCUT2D eigenvalue weighted by Gasteiger charge is -2.27. The third-order valence-corrected chi connectivity index (χ3v) is 2.73. The number of aromatic nitrogens is 3. The molecule has 2 heterocycles. The molecule has 1 fully saturated rings. The predicted octanol–water partition coefficient (Wildman–Crippen LogP) is 0.619. The first-order valence-electron chi connectivity index (χ1n) is 6.54. The van der Waals surface area contributed by atoms with Crippen LogP contribution in [0.25, 0.3) is 0 Å². The lowest BCUT2D eigenvalue weighted by molar-refractivity contribution is -0.114. The second kappa shape index (κ2) is 6.42. The Bertz CT molecular complexity index is 446. The van der Waals surface area contributed by atoms with Crippen molar-refractivity contribution in [2.24, 2.45) is 0 Å². The van der Waals surface area contributed by atoms with Crippen LogP contribution in [-0.4, -0.2) is 47.2 Å². The molecule has 1 aliphatic heterocycles. The molecule has 1 saturated heterocycles. The monoisotopic (exact) mass is 265 g/mol. The fourth-order valence-electron chi connectivity index (χ4n) is 1.86. The van der Waals surface area contributed by atoms with Gasteiger partial charge in [-0.25, -0.2) is 0 Å². The lowest BCUT2D eigenvalue weighted by atomic mass is 10.3. The summed E-state index contributed by atoms with van der Waals surface area (Å²) in [4.78, 5) is 26.2. The van der Waals surface area contributed by atoms with Crippen molar-refractivity contribution in [2.75, 3.05) is 36.5 Å². The van der Waals surface area contributed by atoms with Gasteiger partial charge < -0.3 is 9.64 Å². The number of anilines is 2. The van der Waals surface area contributed by atoms with E-state index < -0.39 is 0 Å². The van der Waals surface area contributed by atoms with E-state index in [1.165, 1.54) is 6.92 Å². The maximum Gasteiger partial charge on any atom is 0.234 e. The quantitative estimate of drug-likeness (QED) is 0.859. The minimum atomic E-state index is -0.179. The highest BCUT2D eigenvalue weighted by atomic mass is 16.5. The molecule has 0 atom stereocenters. The third kappa shape index (κ3) is 3.85.